The maximum absolute atomic E-state index is 12.8. The van der Waals surface area contributed by atoms with Crippen LogP contribution in [0.3, 0.4) is 0 Å². The standard InChI is InChI=1S/C21H21BrN2O5S2/c1-14-5-4-6-15(2)21(14)24-30(25,26)17-9-7-16(8-10-17)23-31(27,28)18-11-12-20(29-3)19(22)13-18/h4-13,23-24H,1-3H3. The van der Waals surface area contributed by atoms with Crippen LogP contribution in [0.5, 0.6) is 5.75 Å². The van der Waals surface area contributed by atoms with E-state index in [1.165, 1.54) is 49.6 Å². The van der Waals surface area contributed by atoms with Crippen LogP contribution in [0.4, 0.5) is 11.4 Å². The van der Waals surface area contributed by atoms with Crippen molar-refractivity contribution in [1.82, 2.24) is 0 Å². The second kappa shape index (κ2) is 8.89. The van der Waals surface area contributed by atoms with E-state index < -0.39 is 20.0 Å². The molecule has 0 heterocycles. The Morgan fingerprint density at radius 2 is 1.32 bits per heavy atom. The quantitative estimate of drug-likeness (QED) is 0.467. The molecule has 0 aliphatic heterocycles. The normalized spacial score (nSPS) is 11.7. The van der Waals surface area contributed by atoms with Crippen molar-refractivity contribution in [3.63, 3.8) is 0 Å². The smallest absolute Gasteiger partial charge is 0.261 e. The fourth-order valence-electron chi connectivity index (χ4n) is 2.90. The first kappa shape index (κ1) is 23.1. The largest absolute Gasteiger partial charge is 0.496 e. The summed E-state index contributed by atoms with van der Waals surface area (Å²) >= 11 is 3.26. The van der Waals surface area contributed by atoms with Crippen molar-refractivity contribution in [3.05, 3.63) is 76.3 Å². The molecule has 164 valence electrons. The van der Waals surface area contributed by atoms with Gasteiger partial charge in [0.25, 0.3) is 20.0 Å². The summed E-state index contributed by atoms with van der Waals surface area (Å²) in [7, 11) is -6.22. The highest BCUT2D eigenvalue weighted by atomic mass is 79.9. The highest BCUT2D eigenvalue weighted by Crippen LogP contribution is 2.29. The van der Waals surface area contributed by atoms with Crippen molar-refractivity contribution in [2.45, 2.75) is 23.6 Å². The van der Waals surface area contributed by atoms with Gasteiger partial charge in [0.15, 0.2) is 0 Å². The molecular weight excluding hydrogens is 504 g/mol. The number of rotatable bonds is 7. The van der Waals surface area contributed by atoms with Crippen LogP contribution in [0.25, 0.3) is 0 Å². The van der Waals surface area contributed by atoms with Gasteiger partial charge >= 0.3 is 0 Å². The van der Waals surface area contributed by atoms with Crippen LogP contribution in [0.1, 0.15) is 11.1 Å². The van der Waals surface area contributed by atoms with Crippen LogP contribution in [-0.2, 0) is 20.0 Å². The topological polar surface area (TPSA) is 102 Å². The van der Waals surface area contributed by atoms with Crippen molar-refractivity contribution in [1.29, 1.82) is 0 Å². The molecule has 3 rings (SSSR count). The first-order valence-electron chi connectivity index (χ1n) is 9.09. The zero-order valence-electron chi connectivity index (χ0n) is 17.0. The van der Waals surface area contributed by atoms with E-state index in [1.807, 2.05) is 32.0 Å². The summed E-state index contributed by atoms with van der Waals surface area (Å²) in [5, 5.41) is 0. The second-order valence-electron chi connectivity index (χ2n) is 6.80. The fourth-order valence-corrected chi connectivity index (χ4v) is 5.88. The van der Waals surface area contributed by atoms with Gasteiger partial charge in [0.2, 0.25) is 0 Å². The molecular formula is C21H21BrN2O5S2. The Kier molecular flexibility index (Phi) is 6.63. The second-order valence-corrected chi connectivity index (χ2v) is 11.0. The lowest BCUT2D eigenvalue weighted by molar-refractivity contribution is 0.411. The number of nitrogens with one attached hydrogen (secondary N) is 2. The molecule has 31 heavy (non-hydrogen) atoms. The molecule has 2 N–H and O–H groups in total. The van der Waals surface area contributed by atoms with Crippen LogP contribution in [0, 0.1) is 13.8 Å². The number of sulfonamides is 2. The van der Waals surface area contributed by atoms with E-state index in [4.69, 9.17) is 4.74 Å². The van der Waals surface area contributed by atoms with E-state index in [0.717, 1.165) is 11.1 Å². The van der Waals surface area contributed by atoms with Crippen molar-refractivity contribution in [2.24, 2.45) is 0 Å². The van der Waals surface area contributed by atoms with Gasteiger partial charge < -0.3 is 4.74 Å². The summed E-state index contributed by atoms with van der Waals surface area (Å²) in [5.41, 5.74) is 2.37. The number of benzene rings is 3. The maximum Gasteiger partial charge on any atom is 0.261 e. The number of hydrogen-bond acceptors (Lipinski definition) is 5. The average Bonchev–Trinajstić information content (AvgIpc) is 2.71. The minimum Gasteiger partial charge on any atom is -0.496 e. The molecule has 0 saturated heterocycles. The number of anilines is 2. The van der Waals surface area contributed by atoms with Crippen LogP contribution >= 0.6 is 15.9 Å². The molecule has 0 saturated carbocycles. The molecule has 10 heteroatoms. The number of halogens is 1. The van der Waals surface area contributed by atoms with Crippen LogP contribution in [-0.4, -0.2) is 23.9 Å². The van der Waals surface area contributed by atoms with Gasteiger partial charge in [-0.2, -0.15) is 0 Å². The summed E-state index contributed by atoms with van der Waals surface area (Å²) in [4.78, 5) is 0.0545. The number of hydrogen-bond donors (Lipinski definition) is 2. The van der Waals surface area contributed by atoms with E-state index in [-0.39, 0.29) is 15.5 Å². The Labute approximate surface area is 190 Å². The van der Waals surface area contributed by atoms with Gasteiger partial charge in [0.1, 0.15) is 5.75 Å². The number of methoxy groups -OCH3 is 1. The summed E-state index contributed by atoms with van der Waals surface area (Å²) in [5.74, 6) is 0.505. The lowest BCUT2D eigenvalue weighted by atomic mass is 10.1. The first-order valence-corrected chi connectivity index (χ1v) is 12.8. The molecule has 7 nitrogen and oxygen atoms in total. The lowest BCUT2D eigenvalue weighted by Gasteiger charge is -2.14. The minimum absolute atomic E-state index is 0.0188. The lowest BCUT2D eigenvalue weighted by Crippen LogP contribution is -2.15. The minimum atomic E-state index is -3.87. The van der Waals surface area contributed by atoms with Gasteiger partial charge in [-0.15, -0.1) is 0 Å². The first-order chi connectivity index (χ1) is 14.5. The molecule has 0 unspecified atom stereocenters. The van der Waals surface area contributed by atoms with Crippen molar-refractivity contribution in [2.75, 3.05) is 16.6 Å². The van der Waals surface area contributed by atoms with E-state index in [9.17, 15) is 16.8 Å². The highest BCUT2D eigenvalue weighted by molar-refractivity contribution is 9.10. The number of para-hydroxylation sites is 1. The summed E-state index contributed by atoms with van der Waals surface area (Å²) in [6, 6.07) is 15.4. The van der Waals surface area contributed by atoms with Gasteiger partial charge in [-0.1, -0.05) is 18.2 Å². The molecule has 0 aromatic heterocycles. The monoisotopic (exact) mass is 524 g/mol. The third-order valence-electron chi connectivity index (χ3n) is 4.57. The molecule has 3 aromatic rings. The molecule has 0 fully saturated rings. The maximum atomic E-state index is 12.8. The van der Waals surface area contributed by atoms with Gasteiger partial charge in [-0.3, -0.25) is 9.44 Å². The predicted molar refractivity (Wildman–Crippen MR) is 125 cm³/mol. The Hall–Kier alpha value is -2.56. The number of ether oxygens (including phenoxy) is 1. The SMILES string of the molecule is COc1ccc(S(=O)(=O)Nc2ccc(S(=O)(=O)Nc3c(C)cccc3C)cc2)cc1Br. The molecule has 0 radical (unpaired) electrons. The third kappa shape index (κ3) is 5.20. The molecule has 0 aliphatic rings. The van der Waals surface area contributed by atoms with Crippen LogP contribution in [0.2, 0.25) is 0 Å². The molecule has 3 aromatic carbocycles. The Morgan fingerprint density at radius 1 is 0.774 bits per heavy atom. The zero-order chi connectivity index (χ0) is 22.8. The van der Waals surface area contributed by atoms with Crippen molar-refractivity contribution in [3.8, 4) is 5.75 Å². The Morgan fingerprint density at radius 3 is 1.87 bits per heavy atom. The molecule has 0 bridgehead atoms. The molecule has 0 spiro atoms. The number of aryl methyl sites for hydroxylation is 2. The van der Waals surface area contributed by atoms with Crippen molar-refractivity contribution < 1.29 is 21.6 Å². The van der Waals surface area contributed by atoms with Gasteiger partial charge in [0.05, 0.1) is 27.1 Å². The molecule has 0 atom stereocenters. The van der Waals surface area contributed by atoms with E-state index in [2.05, 4.69) is 25.4 Å². The Bertz CT molecular complexity index is 1300. The average molecular weight is 525 g/mol. The highest BCUT2D eigenvalue weighted by Gasteiger charge is 2.19. The van der Waals surface area contributed by atoms with Crippen LogP contribution < -0.4 is 14.2 Å². The Balaban J connectivity index is 1.82. The van der Waals surface area contributed by atoms with Crippen LogP contribution in [0.15, 0.2) is 74.9 Å². The van der Waals surface area contributed by atoms with Gasteiger partial charge in [0, 0.05) is 5.69 Å². The van der Waals surface area contributed by atoms with Gasteiger partial charge in [-0.25, -0.2) is 16.8 Å². The van der Waals surface area contributed by atoms with Gasteiger partial charge in [-0.05, 0) is 83.4 Å². The van der Waals surface area contributed by atoms with E-state index in [1.54, 1.807) is 0 Å². The molecule has 0 amide bonds. The molecule has 0 aliphatic carbocycles. The van der Waals surface area contributed by atoms with E-state index >= 15 is 0 Å². The summed E-state index contributed by atoms with van der Waals surface area (Å²) in [6.45, 7) is 3.64. The fraction of sp³-hybridized carbons (Fsp3) is 0.143. The van der Waals surface area contributed by atoms with E-state index in [0.29, 0.717) is 15.9 Å². The zero-order valence-corrected chi connectivity index (χ0v) is 20.2. The summed E-state index contributed by atoms with van der Waals surface area (Å²) in [6.07, 6.45) is 0. The van der Waals surface area contributed by atoms with Crippen molar-refractivity contribution >= 4 is 47.4 Å². The third-order valence-corrected chi connectivity index (χ3v) is 7.93. The predicted octanol–water partition coefficient (Wildman–Crippen LogP) is 4.68. The summed E-state index contributed by atoms with van der Waals surface area (Å²) < 4.78 is 61.5.